The van der Waals surface area contributed by atoms with Crippen LogP contribution in [0.15, 0.2) is 15.2 Å². The SMILES string of the molecule is CC(C)(C)OC(=O)N1CCC(C(=O)N2CCC(Oc3cscc3Br)CC2)CC1. The van der Waals surface area contributed by atoms with Crippen molar-refractivity contribution in [1.82, 2.24) is 9.80 Å². The Morgan fingerprint density at radius 1 is 1.04 bits per heavy atom. The summed E-state index contributed by atoms with van der Waals surface area (Å²) in [6, 6.07) is 0. The van der Waals surface area contributed by atoms with Crippen LogP contribution in [0.25, 0.3) is 0 Å². The van der Waals surface area contributed by atoms with Gasteiger partial charge < -0.3 is 19.3 Å². The van der Waals surface area contributed by atoms with Gasteiger partial charge in [-0.1, -0.05) is 0 Å². The first-order chi connectivity index (χ1) is 13.2. The summed E-state index contributed by atoms with van der Waals surface area (Å²) >= 11 is 5.11. The Morgan fingerprint density at radius 2 is 1.64 bits per heavy atom. The van der Waals surface area contributed by atoms with Crippen molar-refractivity contribution in [1.29, 1.82) is 0 Å². The lowest BCUT2D eigenvalue weighted by molar-refractivity contribution is -0.138. The first-order valence-electron chi connectivity index (χ1n) is 9.88. The number of amides is 2. The standard InChI is InChI=1S/C20H29BrN2O4S/c1-20(2,3)27-19(25)23-8-4-14(5-9-23)18(24)22-10-6-15(7-11-22)26-17-13-28-12-16(17)21/h12-15H,4-11H2,1-3H3. The first kappa shape index (κ1) is 21.4. The van der Waals surface area contributed by atoms with Crippen molar-refractivity contribution in [3.8, 4) is 5.75 Å². The number of thiophene rings is 1. The average Bonchev–Trinajstić information content (AvgIpc) is 3.05. The summed E-state index contributed by atoms with van der Waals surface area (Å²) in [6.07, 6.45) is 2.99. The molecule has 0 bridgehead atoms. The zero-order valence-corrected chi connectivity index (χ0v) is 19.2. The van der Waals surface area contributed by atoms with Crippen LogP contribution in [0.3, 0.4) is 0 Å². The minimum atomic E-state index is -0.491. The maximum absolute atomic E-state index is 12.9. The third-order valence-electron chi connectivity index (χ3n) is 5.13. The lowest BCUT2D eigenvalue weighted by Gasteiger charge is -2.37. The Balaban J connectivity index is 1.42. The monoisotopic (exact) mass is 472 g/mol. The number of rotatable bonds is 3. The lowest BCUT2D eigenvalue weighted by atomic mass is 9.94. The zero-order chi connectivity index (χ0) is 20.3. The van der Waals surface area contributed by atoms with Crippen LogP contribution in [0.4, 0.5) is 4.79 Å². The van der Waals surface area contributed by atoms with E-state index >= 15 is 0 Å². The highest BCUT2D eigenvalue weighted by molar-refractivity contribution is 9.10. The zero-order valence-electron chi connectivity index (χ0n) is 16.8. The van der Waals surface area contributed by atoms with E-state index in [2.05, 4.69) is 15.9 Å². The molecule has 2 fully saturated rings. The quantitative estimate of drug-likeness (QED) is 0.648. The highest BCUT2D eigenvalue weighted by Crippen LogP contribution is 2.31. The van der Waals surface area contributed by atoms with Crippen molar-refractivity contribution < 1.29 is 19.1 Å². The van der Waals surface area contributed by atoms with Gasteiger partial charge in [0.25, 0.3) is 0 Å². The molecule has 0 saturated carbocycles. The third kappa shape index (κ3) is 5.63. The van der Waals surface area contributed by atoms with Crippen molar-refractivity contribution in [2.24, 2.45) is 5.92 Å². The summed E-state index contributed by atoms with van der Waals surface area (Å²) in [5, 5.41) is 4.01. The van der Waals surface area contributed by atoms with E-state index < -0.39 is 5.60 Å². The molecule has 3 rings (SSSR count). The van der Waals surface area contributed by atoms with E-state index in [1.807, 2.05) is 36.4 Å². The van der Waals surface area contributed by atoms with Crippen molar-refractivity contribution in [3.63, 3.8) is 0 Å². The Labute approximate surface area is 179 Å². The Hall–Kier alpha value is -1.28. The van der Waals surface area contributed by atoms with Gasteiger partial charge in [0.2, 0.25) is 5.91 Å². The third-order valence-corrected chi connectivity index (χ3v) is 6.77. The van der Waals surface area contributed by atoms with Gasteiger partial charge in [0, 0.05) is 55.7 Å². The largest absolute Gasteiger partial charge is 0.488 e. The molecule has 0 aliphatic carbocycles. The van der Waals surface area contributed by atoms with Crippen LogP contribution in [0.1, 0.15) is 46.5 Å². The van der Waals surface area contributed by atoms with Gasteiger partial charge in [0.05, 0.1) is 4.47 Å². The molecule has 0 atom stereocenters. The first-order valence-corrected chi connectivity index (χ1v) is 11.6. The minimum absolute atomic E-state index is 0.00201. The molecule has 28 heavy (non-hydrogen) atoms. The average molecular weight is 473 g/mol. The number of carbonyl (C=O) groups excluding carboxylic acids is 2. The summed E-state index contributed by atoms with van der Waals surface area (Å²) in [6.45, 7) is 8.23. The van der Waals surface area contributed by atoms with Crippen molar-refractivity contribution in [2.45, 2.75) is 58.2 Å². The molecule has 3 heterocycles. The molecule has 2 aliphatic rings. The Morgan fingerprint density at radius 3 is 2.18 bits per heavy atom. The predicted molar refractivity (Wildman–Crippen MR) is 113 cm³/mol. The van der Waals surface area contributed by atoms with Crippen LogP contribution in [0, 0.1) is 5.92 Å². The van der Waals surface area contributed by atoms with E-state index in [9.17, 15) is 9.59 Å². The smallest absolute Gasteiger partial charge is 0.410 e. The van der Waals surface area contributed by atoms with Crippen LogP contribution in [-0.4, -0.2) is 59.7 Å². The van der Waals surface area contributed by atoms with Gasteiger partial charge in [-0.15, -0.1) is 11.3 Å². The second-order valence-electron chi connectivity index (χ2n) is 8.47. The summed E-state index contributed by atoms with van der Waals surface area (Å²) in [5.41, 5.74) is -0.491. The molecule has 1 aromatic heterocycles. The van der Waals surface area contributed by atoms with Crippen molar-refractivity contribution >= 4 is 39.3 Å². The van der Waals surface area contributed by atoms with Gasteiger partial charge in [-0.05, 0) is 49.5 Å². The number of hydrogen-bond donors (Lipinski definition) is 0. The number of nitrogens with zero attached hydrogens (tertiary/aromatic N) is 2. The van der Waals surface area contributed by atoms with Crippen LogP contribution in [0.2, 0.25) is 0 Å². The maximum Gasteiger partial charge on any atom is 0.410 e. The summed E-state index contributed by atoms with van der Waals surface area (Å²) in [4.78, 5) is 28.7. The molecule has 0 spiro atoms. The number of ether oxygens (including phenoxy) is 2. The van der Waals surface area contributed by atoms with Gasteiger partial charge in [-0.3, -0.25) is 4.79 Å². The fourth-order valence-corrected chi connectivity index (χ4v) is 4.91. The maximum atomic E-state index is 12.9. The van der Waals surface area contributed by atoms with E-state index in [1.165, 1.54) is 0 Å². The molecule has 1 aromatic rings. The van der Waals surface area contributed by atoms with Gasteiger partial charge in [-0.2, -0.15) is 0 Å². The molecule has 0 N–H and O–H groups in total. The molecule has 0 aromatic carbocycles. The molecule has 6 nitrogen and oxygen atoms in total. The molecule has 8 heteroatoms. The molecule has 0 unspecified atom stereocenters. The van der Waals surface area contributed by atoms with Crippen LogP contribution < -0.4 is 4.74 Å². The summed E-state index contributed by atoms with van der Waals surface area (Å²) < 4.78 is 12.5. The second kappa shape index (κ2) is 9.03. The van der Waals surface area contributed by atoms with E-state index in [0.717, 1.165) is 36.2 Å². The van der Waals surface area contributed by atoms with Crippen LogP contribution in [-0.2, 0) is 9.53 Å². The Kier molecular flexibility index (Phi) is 6.91. The number of piperidine rings is 2. The lowest BCUT2D eigenvalue weighted by Crippen LogP contribution is -2.48. The highest BCUT2D eigenvalue weighted by atomic mass is 79.9. The summed E-state index contributed by atoms with van der Waals surface area (Å²) in [5.74, 6) is 1.12. The van der Waals surface area contributed by atoms with E-state index in [4.69, 9.17) is 9.47 Å². The predicted octanol–water partition coefficient (Wildman–Crippen LogP) is 4.53. The molecular formula is C20H29BrN2O4S. The molecule has 0 radical (unpaired) electrons. The fourth-order valence-electron chi connectivity index (χ4n) is 3.62. The molecule has 2 aliphatic heterocycles. The number of carbonyl (C=O) groups is 2. The Bertz CT molecular complexity index is 687. The van der Waals surface area contributed by atoms with E-state index in [1.54, 1.807) is 16.2 Å². The molecule has 156 valence electrons. The normalized spacial score (nSPS) is 19.6. The topological polar surface area (TPSA) is 59.1 Å². The minimum Gasteiger partial charge on any atom is -0.488 e. The molecular weight excluding hydrogens is 444 g/mol. The van der Waals surface area contributed by atoms with E-state index in [0.29, 0.717) is 25.9 Å². The van der Waals surface area contributed by atoms with Crippen molar-refractivity contribution in [3.05, 3.63) is 15.2 Å². The van der Waals surface area contributed by atoms with Gasteiger partial charge in [0.15, 0.2) is 0 Å². The second-order valence-corrected chi connectivity index (χ2v) is 10.1. The van der Waals surface area contributed by atoms with E-state index in [-0.39, 0.29) is 24.0 Å². The number of halogens is 1. The van der Waals surface area contributed by atoms with Crippen molar-refractivity contribution in [2.75, 3.05) is 26.2 Å². The summed E-state index contributed by atoms with van der Waals surface area (Å²) in [7, 11) is 0. The number of hydrogen-bond acceptors (Lipinski definition) is 5. The fraction of sp³-hybridized carbons (Fsp3) is 0.700. The van der Waals surface area contributed by atoms with Crippen LogP contribution >= 0.6 is 27.3 Å². The number of likely N-dealkylation sites (tertiary alicyclic amines) is 2. The molecule has 2 saturated heterocycles. The van der Waals surface area contributed by atoms with Gasteiger partial charge in [0.1, 0.15) is 17.5 Å². The van der Waals surface area contributed by atoms with Gasteiger partial charge >= 0.3 is 6.09 Å². The molecule has 2 amide bonds. The van der Waals surface area contributed by atoms with Crippen LogP contribution in [0.5, 0.6) is 5.75 Å². The van der Waals surface area contributed by atoms with Gasteiger partial charge in [-0.25, -0.2) is 4.79 Å². The highest BCUT2D eigenvalue weighted by Gasteiger charge is 2.33.